The van der Waals surface area contributed by atoms with E-state index in [9.17, 15) is 0 Å². The summed E-state index contributed by atoms with van der Waals surface area (Å²) in [4.78, 5) is 8.45. The molecule has 0 aliphatic heterocycles. The van der Waals surface area contributed by atoms with E-state index in [0.29, 0.717) is 10.9 Å². The fourth-order valence-corrected chi connectivity index (χ4v) is 2.31. The maximum atomic E-state index is 6.35. The SMILES string of the molecule is Cc1nc2ncnn2c(Cl)c1CCCOCC(C)(C)C. The number of aryl methyl sites for hydroxylation is 1. The molecular formula is C14H21ClN4O. The van der Waals surface area contributed by atoms with E-state index in [1.54, 1.807) is 4.52 Å². The first-order valence-corrected chi connectivity index (χ1v) is 7.19. The first kappa shape index (κ1) is 15.2. The summed E-state index contributed by atoms with van der Waals surface area (Å²) in [5.41, 5.74) is 2.13. The number of nitrogens with zero attached hydrogens (tertiary/aromatic N) is 4. The molecule has 2 aromatic rings. The molecular weight excluding hydrogens is 276 g/mol. The molecule has 0 radical (unpaired) electrons. The van der Waals surface area contributed by atoms with E-state index in [0.717, 1.165) is 37.3 Å². The van der Waals surface area contributed by atoms with Crippen LogP contribution >= 0.6 is 11.6 Å². The van der Waals surface area contributed by atoms with Crippen molar-refractivity contribution in [2.75, 3.05) is 13.2 Å². The molecule has 6 heteroatoms. The lowest BCUT2D eigenvalue weighted by Crippen LogP contribution is -2.15. The summed E-state index contributed by atoms with van der Waals surface area (Å²) in [5, 5.41) is 4.67. The fraction of sp³-hybridized carbons (Fsp3) is 0.643. The molecule has 20 heavy (non-hydrogen) atoms. The molecule has 0 amide bonds. The van der Waals surface area contributed by atoms with Gasteiger partial charge in [-0.15, -0.1) is 0 Å². The van der Waals surface area contributed by atoms with Crippen LogP contribution in [0.25, 0.3) is 5.78 Å². The molecule has 0 atom stereocenters. The van der Waals surface area contributed by atoms with E-state index in [2.05, 4.69) is 35.8 Å². The number of rotatable bonds is 5. The Hall–Kier alpha value is -1.20. The van der Waals surface area contributed by atoms with Gasteiger partial charge in [-0.3, -0.25) is 0 Å². The zero-order chi connectivity index (χ0) is 14.8. The highest BCUT2D eigenvalue weighted by Gasteiger charge is 2.13. The van der Waals surface area contributed by atoms with Gasteiger partial charge < -0.3 is 4.74 Å². The van der Waals surface area contributed by atoms with Gasteiger partial charge in [0.1, 0.15) is 11.5 Å². The smallest absolute Gasteiger partial charge is 0.253 e. The first-order valence-electron chi connectivity index (χ1n) is 6.81. The third-order valence-corrected chi connectivity index (χ3v) is 3.31. The minimum absolute atomic E-state index is 0.203. The van der Waals surface area contributed by atoms with Gasteiger partial charge in [0.05, 0.1) is 6.61 Å². The molecule has 0 bridgehead atoms. The molecule has 0 N–H and O–H groups in total. The number of halogens is 1. The Morgan fingerprint density at radius 2 is 2.10 bits per heavy atom. The lowest BCUT2D eigenvalue weighted by atomic mass is 9.99. The number of hydrogen-bond acceptors (Lipinski definition) is 4. The Morgan fingerprint density at radius 1 is 1.35 bits per heavy atom. The van der Waals surface area contributed by atoms with Crippen molar-refractivity contribution in [3.05, 3.63) is 22.7 Å². The molecule has 2 heterocycles. The minimum atomic E-state index is 0.203. The summed E-state index contributed by atoms with van der Waals surface area (Å²) in [7, 11) is 0. The monoisotopic (exact) mass is 296 g/mol. The van der Waals surface area contributed by atoms with Crippen LogP contribution in [0.1, 0.15) is 38.4 Å². The predicted molar refractivity (Wildman–Crippen MR) is 79.1 cm³/mol. The molecule has 5 nitrogen and oxygen atoms in total. The van der Waals surface area contributed by atoms with Crippen LogP contribution in [-0.4, -0.2) is 32.8 Å². The Kier molecular flexibility index (Phi) is 4.60. The van der Waals surface area contributed by atoms with Gasteiger partial charge in [0.15, 0.2) is 0 Å². The number of aromatic nitrogens is 4. The van der Waals surface area contributed by atoms with Gasteiger partial charge in [-0.05, 0) is 25.2 Å². The standard InChI is InChI=1S/C14H21ClN4O/c1-10-11(6-5-7-20-8-14(2,3)4)12(15)19-13(18-10)16-9-17-19/h9H,5-8H2,1-4H3. The minimum Gasteiger partial charge on any atom is -0.381 e. The van der Waals surface area contributed by atoms with Crippen LogP contribution in [0, 0.1) is 12.3 Å². The lowest BCUT2D eigenvalue weighted by molar-refractivity contribution is 0.0698. The average Bonchev–Trinajstić information content (AvgIpc) is 2.79. The second-order valence-electron chi connectivity index (χ2n) is 6.16. The Labute approximate surface area is 124 Å². The van der Waals surface area contributed by atoms with Crippen LogP contribution < -0.4 is 0 Å². The quantitative estimate of drug-likeness (QED) is 0.628. The van der Waals surface area contributed by atoms with Crippen molar-refractivity contribution in [2.45, 2.75) is 40.5 Å². The largest absolute Gasteiger partial charge is 0.381 e. The molecule has 0 aliphatic carbocycles. The third kappa shape index (κ3) is 3.67. The van der Waals surface area contributed by atoms with Gasteiger partial charge in [0, 0.05) is 17.9 Å². The molecule has 0 unspecified atom stereocenters. The molecule has 0 saturated carbocycles. The van der Waals surface area contributed by atoms with E-state index in [-0.39, 0.29) is 5.41 Å². The van der Waals surface area contributed by atoms with E-state index >= 15 is 0 Å². The van der Waals surface area contributed by atoms with E-state index in [1.807, 2.05) is 6.92 Å². The normalized spacial score (nSPS) is 12.2. The van der Waals surface area contributed by atoms with Crippen LogP contribution in [-0.2, 0) is 11.2 Å². The van der Waals surface area contributed by atoms with Gasteiger partial charge in [-0.25, -0.2) is 4.98 Å². The highest BCUT2D eigenvalue weighted by Crippen LogP contribution is 2.20. The van der Waals surface area contributed by atoms with Crippen LogP contribution in [0.4, 0.5) is 0 Å². The molecule has 0 aliphatic rings. The summed E-state index contributed by atoms with van der Waals surface area (Å²) < 4.78 is 7.24. The van der Waals surface area contributed by atoms with E-state index in [1.165, 1.54) is 6.33 Å². The number of fused-ring (bicyclic) bond motifs is 1. The van der Waals surface area contributed by atoms with Crippen molar-refractivity contribution < 1.29 is 4.74 Å². The van der Waals surface area contributed by atoms with Gasteiger partial charge in [-0.2, -0.15) is 14.6 Å². The predicted octanol–water partition coefficient (Wildman–Crippen LogP) is 3.08. The zero-order valence-electron chi connectivity index (χ0n) is 12.5. The van der Waals surface area contributed by atoms with Gasteiger partial charge in [0.2, 0.25) is 0 Å². The highest BCUT2D eigenvalue weighted by atomic mass is 35.5. The molecule has 0 spiro atoms. The summed E-state index contributed by atoms with van der Waals surface area (Å²) >= 11 is 6.35. The molecule has 0 saturated heterocycles. The fourth-order valence-electron chi connectivity index (χ4n) is 1.96. The number of hydrogen-bond donors (Lipinski definition) is 0. The van der Waals surface area contributed by atoms with Crippen LogP contribution in [0.2, 0.25) is 5.15 Å². The van der Waals surface area contributed by atoms with Crippen molar-refractivity contribution in [2.24, 2.45) is 5.41 Å². The van der Waals surface area contributed by atoms with Crippen molar-refractivity contribution in [3.8, 4) is 0 Å². The number of ether oxygens (including phenoxy) is 1. The second kappa shape index (κ2) is 6.06. The Bertz CT molecular complexity index is 589. The van der Waals surface area contributed by atoms with Crippen LogP contribution in [0.5, 0.6) is 0 Å². The Balaban J connectivity index is 1.96. The van der Waals surface area contributed by atoms with Gasteiger partial charge in [-0.1, -0.05) is 32.4 Å². The zero-order valence-corrected chi connectivity index (χ0v) is 13.2. The maximum absolute atomic E-state index is 6.35. The summed E-state index contributed by atoms with van der Waals surface area (Å²) in [6.45, 7) is 9.93. The van der Waals surface area contributed by atoms with Gasteiger partial charge >= 0.3 is 0 Å². The van der Waals surface area contributed by atoms with E-state index < -0.39 is 0 Å². The van der Waals surface area contributed by atoms with Crippen molar-refractivity contribution >= 4 is 17.4 Å². The molecule has 2 rings (SSSR count). The van der Waals surface area contributed by atoms with Crippen molar-refractivity contribution in [3.63, 3.8) is 0 Å². The molecule has 110 valence electrons. The summed E-state index contributed by atoms with van der Waals surface area (Å²) in [5.74, 6) is 0.542. The molecule has 0 fully saturated rings. The maximum Gasteiger partial charge on any atom is 0.253 e. The van der Waals surface area contributed by atoms with Crippen molar-refractivity contribution in [1.82, 2.24) is 19.6 Å². The van der Waals surface area contributed by atoms with E-state index in [4.69, 9.17) is 16.3 Å². The first-order chi connectivity index (χ1) is 9.38. The van der Waals surface area contributed by atoms with Crippen LogP contribution in [0.3, 0.4) is 0 Å². The summed E-state index contributed by atoms with van der Waals surface area (Å²) in [6.07, 6.45) is 3.21. The average molecular weight is 297 g/mol. The van der Waals surface area contributed by atoms with Crippen LogP contribution in [0.15, 0.2) is 6.33 Å². The second-order valence-corrected chi connectivity index (χ2v) is 6.51. The third-order valence-electron chi connectivity index (χ3n) is 2.92. The Morgan fingerprint density at radius 3 is 2.80 bits per heavy atom. The van der Waals surface area contributed by atoms with Crippen molar-refractivity contribution in [1.29, 1.82) is 0 Å². The topological polar surface area (TPSA) is 52.3 Å². The molecule has 2 aromatic heterocycles. The highest BCUT2D eigenvalue weighted by molar-refractivity contribution is 6.30. The lowest BCUT2D eigenvalue weighted by Gasteiger charge is -2.18. The molecule has 0 aromatic carbocycles. The van der Waals surface area contributed by atoms with Gasteiger partial charge in [0.25, 0.3) is 5.78 Å². The summed E-state index contributed by atoms with van der Waals surface area (Å²) in [6, 6.07) is 0.